The lowest BCUT2D eigenvalue weighted by molar-refractivity contribution is 2.02. The average Bonchev–Trinajstić information content (AvgIpc) is 1.27. The maximum absolute atomic E-state index is 2.62. The van der Waals surface area contributed by atoms with Crippen LogP contribution in [0.5, 0.6) is 0 Å². The van der Waals surface area contributed by atoms with E-state index in [0.717, 1.165) is 0 Å². The first-order chi connectivity index (χ1) is 3.10. The lowest BCUT2D eigenvalue weighted by atomic mass is 11.8. The molecule has 0 aromatic rings. The summed E-state index contributed by atoms with van der Waals surface area (Å²) in [6, 6.07) is 0. The molecule has 1 heterocycles. The highest BCUT2D eigenvalue weighted by Gasteiger charge is 2.30. The van der Waals surface area contributed by atoms with Crippen molar-refractivity contribution in [3.63, 3.8) is 0 Å². The normalized spacial score (nSPS) is 36.7. The third kappa shape index (κ3) is 2.54. The summed E-state index contributed by atoms with van der Waals surface area (Å²) in [4.78, 5) is 0. The summed E-state index contributed by atoms with van der Waals surface area (Å²) in [5, 5.41) is 3.09. The van der Waals surface area contributed by atoms with Crippen LogP contribution in [0.15, 0.2) is 0 Å². The second-order valence-electron chi connectivity index (χ2n) is 1.42. The summed E-state index contributed by atoms with van der Waals surface area (Å²) in [5.41, 5.74) is 0. The van der Waals surface area contributed by atoms with Gasteiger partial charge in [0, 0.05) is 10.2 Å². The van der Waals surface area contributed by atoms with Gasteiger partial charge in [-0.05, 0) is 63.6 Å². The van der Waals surface area contributed by atoms with Crippen molar-refractivity contribution in [3.05, 3.63) is 0 Å². The fraction of sp³-hybridized carbons (Fsp3) is 1.00. The summed E-state index contributed by atoms with van der Waals surface area (Å²) < 4.78 is -0.0694. The minimum Gasteiger partial charge on any atom is -0.181 e. The highest BCUT2D eigenvalue weighted by Crippen LogP contribution is 2.81. The molecular formula is C2H5I3S2. The molecule has 0 saturated carbocycles. The second-order valence-corrected chi connectivity index (χ2v) is 25.1. The molecular weight excluding hydrogens is 469 g/mol. The maximum Gasteiger partial charge on any atom is 0.0315 e. The zero-order valence-electron chi connectivity index (χ0n) is 3.40. The molecule has 0 amide bonds. The molecule has 1 fully saturated rings. The van der Waals surface area contributed by atoms with Gasteiger partial charge in [0.15, 0.2) is 0 Å². The average molecular weight is 474 g/mol. The highest BCUT2D eigenvalue weighted by molar-refractivity contribution is 14.3. The molecule has 0 aliphatic carbocycles. The van der Waals surface area contributed by atoms with Crippen molar-refractivity contribution < 1.29 is 0 Å². The summed E-state index contributed by atoms with van der Waals surface area (Å²) in [5.74, 6) is 0. The molecule has 0 atom stereocenters. The van der Waals surface area contributed by atoms with Gasteiger partial charge in [-0.1, -0.05) is 0 Å². The fourth-order valence-electron chi connectivity index (χ4n) is 0.372. The summed E-state index contributed by atoms with van der Waals surface area (Å²) >= 11 is 7.84. The zero-order chi connectivity index (χ0) is 5.49. The van der Waals surface area contributed by atoms with Gasteiger partial charge in [-0.25, -0.2) is 0 Å². The van der Waals surface area contributed by atoms with Gasteiger partial charge in [0.05, 0.1) is 0 Å². The Morgan fingerprint density at radius 2 is 1.71 bits per heavy atom. The van der Waals surface area contributed by atoms with Crippen LogP contribution in [-0.2, 0) is 0 Å². The Hall–Kier alpha value is 2.89. The smallest absolute Gasteiger partial charge is 0.0315 e. The summed E-state index contributed by atoms with van der Waals surface area (Å²) in [7, 11) is 0.486. The van der Waals surface area contributed by atoms with E-state index in [0.29, 0.717) is 8.07 Å². The van der Waals surface area contributed by atoms with Gasteiger partial charge in [0.1, 0.15) is 0 Å². The standard InChI is InChI=1S/C2H5I3S2/c3-6-1-7(4,5)2-6/h6H,1-2H2. The van der Waals surface area contributed by atoms with E-state index in [9.17, 15) is 0 Å². The molecule has 0 aromatic carbocycles. The lowest BCUT2D eigenvalue weighted by Gasteiger charge is -2.42. The predicted octanol–water partition coefficient (Wildman–Crippen LogP) is 3.77. The van der Waals surface area contributed by atoms with E-state index >= 15 is 0 Å². The van der Waals surface area contributed by atoms with Crippen molar-refractivity contribution in [2.45, 2.75) is 0 Å². The molecule has 1 saturated heterocycles. The Kier molecular flexibility index (Phi) is 3.27. The molecule has 0 bridgehead atoms. The van der Waals surface area contributed by atoms with Crippen LogP contribution in [0.2, 0.25) is 0 Å². The number of halogens is 3. The van der Waals surface area contributed by atoms with Gasteiger partial charge in [-0.3, -0.25) is 0 Å². The van der Waals surface area contributed by atoms with Crippen LogP contribution >= 0.6 is 76.1 Å². The number of hydrogen-bond donors (Lipinski definition) is 1. The molecule has 46 valence electrons. The largest absolute Gasteiger partial charge is 0.181 e. The van der Waals surface area contributed by atoms with Crippen LogP contribution in [0.3, 0.4) is 0 Å². The van der Waals surface area contributed by atoms with Gasteiger partial charge >= 0.3 is 0 Å². The molecule has 5 heteroatoms. The van der Waals surface area contributed by atoms with Crippen molar-refractivity contribution in [3.8, 4) is 0 Å². The Labute approximate surface area is 84.4 Å². The summed E-state index contributed by atoms with van der Waals surface area (Å²) in [6.07, 6.45) is 0. The molecule has 7 heavy (non-hydrogen) atoms. The first kappa shape index (κ1) is 7.99. The molecule has 1 aliphatic heterocycles. The SMILES string of the molecule is I[SH]1CS(I)(I)C1. The third-order valence-electron chi connectivity index (χ3n) is 0.658. The van der Waals surface area contributed by atoms with Crippen molar-refractivity contribution in [2.75, 3.05) is 10.2 Å². The monoisotopic (exact) mass is 474 g/mol. The number of hydrogen-bond acceptors (Lipinski definition) is 0. The van der Waals surface area contributed by atoms with Crippen molar-refractivity contribution in [1.29, 1.82) is 0 Å². The summed E-state index contributed by atoms with van der Waals surface area (Å²) in [6.45, 7) is 0. The Bertz CT molecular complexity index is 75.0. The van der Waals surface area contributed by atoms with Gasteiger partial charge in [-0.15, -0.1) is 4.37 Å². The van der Waals surface area contributed by atoms with E-state index < -0.39 is 0 Å². The van der Waals surface area contributed by atoms with Gasteiger partial charge in [0.2, 0.25) is 0 Å². The van der Waals surface area contributed by atoms with Crippen LogP contribution in [0.25, 0.3) is 0 Å². The minimum atomic E-state index is -0.0694. The van der Waals surface area contributed by atoms with E-state index in [-0.39, 0.29) is 4.37 Å². The van der Waals surface area contributed by atoms with Crippen molar-refractivity contribution >= 4 is 76.1 Å². The zero-order valence-corrected chi connectivity index (χ0v) is 11.6. The topological polar surface area (TPSA) is 0 Å². The molecule has 0 radical (unpaired) electrons. The van der Waals surface area contributed by atoms with Crippen molar-refractivity contribution in [2.24, 2.45) is 0 Å². The van der Waals surface area contributed by atoms with E-state index in [4.69, 9.17) is 0 Å². The quantitative estimate of drug-likeness (QED) is 0.402. The van der Waals surface area contributed by atoms with Crippen LogP contribution in [0.4, 0.5) is 0 Å². The first-order valence-corrected chi connectivity index (χ1v) is 13.2. The lowest BCUT2D eigenvalue weighted by Crippen LogP contribution is -2.05. The van der Waals surface area contributed by atoms with E-state index in [1.807, 2.05) is 0 Å². The molecule has 0 spiro atoms. The van der Waals surface area contributed by atoms with Crippen LogP contribution in [0.1, 0.15) is 0 Å². The van der Waals surface area contributed by atoms with Gasteiger partial charge in [0.25, 0.3) is 0 Å². The fourth-order valence-corrected chi connectivity index (χ4v) is 43.2. The number of thiol groups is 1. The van der Waals surface area contributed by atoms with Gasteiger partial charge in [-0.2, -0.15) is 8.07 Å². The van der Waals surface area contributed by atoms with Crippen LogP contribution in [0, 0.1) is 0 Å². The maximum atomic E-state index is 2.62. The number of rotatable bonds is 0. The molecule has 1 aliphatic rings. The molecule has 0 unspecified atom stereocenters. The molecule has 0 nitrogen and oxygen atoms in total. The molecule has 0 N–H and O–H groups in total. The van der Waals surface area contributed by atoms with Crippen LogP contribution in [-0.4, -0.2) is 10.2 Å². The van der Waals surface area contributed by atoms with E-state index in [1.54, 1.807) is 10.2 Å². The first-order valence-electron chi connectivity index (χ1n) is 1.69. The van der Waals surface area contributed by atoms with E-state index in [1.165, 1.54) is 0 Å². The Morgan fingerprint density at radius 3 is 1.71 bits per heavy atom. The van der Waals surface area contributed by atoms with Gasteiger partial charge < -0.3 is 0 Å². The Balaban J connectivity index is 2.29. The minimum absolute atomic E-state index is 0.0694. The second kappa shape index (κ2) is 2.87. The predicted molar refractivity (Wildman–Crippen MR) is 68.4 cm³/mol. The third-order valence-corrected chi connectivity index (χ3v) is 21.0. The highest BCUT2D eigenvalue weighted by atomic mass is 127. The molecule has 0 aromatic heterocycles. The van der Waals surface area contributed by atoms with Crippen molar-refractivity contribution in [1.82, 2.24) is 0 Å². The van der Waals surface area contributed by atoms with Crippen LogP contribution < -0.4 is 0 Å². The molecule has 1 rings (SSSR count). The van der Waals surface area contributed by atoms with E-state index in [2.05, 4.69) is 63.6 Å². The Morgan fingerprint density at radius 1 is 1.29 bits per heavy atom.